The fraction of sp³-hybridized carbons (Fsp3) is 0.280. The van der Waals surface area contributed by atoms with E-state index in [1.807, 2.05) is 52.9 Å². The summed E-state index contributed by atoms with van der Waals surface area (Å²) in [6, 6.07) is 11.1. The third-order valence-electron chi connectivity index (χ3n) is 5.04. The van der Waals surface area contributed by atoms with Crippen LogP contribution < -0.4 is 4.57 Å². The highest BCUT2D eigenvalue weighted by Gasteiger charge is 2.23. The average molecular weight is 373 g/mol. The lowest BCUT2D eigenvalue weighted by Gasteiger charge is -2.10. The Hall–Kier alpha value is -3.12. The van der Waals surface area contributed by atoms with Gasteiger partial charge >= 0.3 is 0 Å². The van der Waals surface area contributed by atoms with Crippen LogP contribution in [0.4, 0.5) is 5.69 Å². The summed E-state index contributed by atoms with van der Waals surface area (Å²) in [5.41, 5.74) is 5.75. The fourth-order valence-electron chi connectivity index (χ4n) is 3.90. The van der Waals surface area contributed by atoms with Gasteiger partial charge in [-0.05, 0) is 42.8 Å². The van der Waals surface area contributed by atoms with Gasteiger partial charge in [-0.15, -0.1) is 0 Å². The molecule has 0 spiro atoms. The van der Waals surface area contributed by atoms with E-state index in [1.165, 1.54) is 0 Å². The Morgan fingerprint density at radius 2 is 1.96 bits per heavy atom. The van der Waals surface area contributed by atoms with E-state index in [9.17, 15) is 0 Å². The van der Waals surface area contributed by atoms with Crippen molar-refractivity contribution in [1.82, 2.24) is 0 Å². The van der Waals surface area contributed by atoms with Crippen molar-refractivity contribution in [2.45, 2.75) is 34.1 Å². The van der Waals surface area contributed by atoms with E-state index in [-0.39, 0.29) is 12.1 Å². The highest BCUT2D eigenvalue weighted by atomic mass is 16.3. The summed E-state index contributed by atoms with van der Waals surface area (Å²) in [6.07, 6.45) is -1.34. The van der Waals surface area contributed by atoms with Gasteiger partial charge in [0.25, 0.3) is 0 Å². The average Bonchev–Trinajstić information content (AvgIpc) is 3.10. The van der Waals surface area contributed by atoms with Crippen molar-refractivity contribution in [2.24, 2.45) is 13.0 Å². The van der Waals surface area contributed by atoms with Gasteiger partial charge < -0.3 is 4.42 Å². The van der Waals surface area contributed by atoms with E-state index < -0.39 is 6.37 Å². The van der Waals surface area contributed by atoms with E-state index in [2.05, 4.69) is 10.9 Å². The van der Waals surface area contributed by atoms with Crippen LogP contribution in [-0.2, 0) is 13.4 Å². The summed E-state index contributed by atoms with van der Waals surface area (Å²) >= 11 is 0. The second-order valence-electron chi connectivity index (χ2n) is 7.57. The number of hydrogen-bond acceptors (Lipinski definition) is 1. The van der Waals surface area contributed by atoms with E-state index in [1.54, 1.807) is 16.7 Å². The number of fused-ring (bicyclic) bond motifs is 3. The predicted octanol–water partition coefficient (Wildman–Crippen LogP) is 6.44. The summed E-state index contributed by atoms with van der Waals surface area (Å²) in [7, 11) is 1.81. The Bertz CT molecular complexity index is 1390. The van der Waals surface area contributed by atoms with Gasteiger partial charge in [0.15, 0.2) is 6.17 Å². The molecule has 140 valence electrons. The largest absolute Gasteiger partial charge is 0.466 e. The van der Waals surface area contributed by atoms with Crippen LogP contribution in [0.1, 0.15) is 34.7 Å². The van der Waals surface area contributed by atoms with Crippen molar-refractivity contribution < 1.29 is 13.1 Å². The first kappa shape index (κ1) is 14.9. The van der Waals surface area contributed by atoms with E-state index in [0.717, 1.165) is 33.2 Å². The van der Waals surface area contributed by atoms with Crippen LogP contribution >= 0.6 is 0 Å². The lowest BCUT2D eigenvalue weighted by atomic mass is 9.95. The SMILES string of the molecule is [2H]c1cc(C([2H])([2H])C(C)C)cc(-c2c(C)cc(C)c3c2oc2c([N+]#[C-])cccc23)[n+]1C. The topological polar surface area (TPSA) is 21.4 Å². The van der Waals surface area contributed by atoms with Crippen LogP contribution in [-0.4, -0.2) is 0 Å². The molecule has 2 aromatic heterocycles. The molecule has 0 fully saturated rings. The normalized spacial score (nSPS) is 13.5. The number of aromatic nitrogens is 1. The maximum atomic E-state index is 8.56. The molecule has 0 saturated carbocycles. The maximum Gasteiger partial charge on any atom is 0.229 e. The van der Waals surface area contributed by atoms with Gasteiger partial charge in [0.05, 0.1) is 12.1 Å². The molecule has 4 rings (SSSR count). The van der Waals surface area contributed by atoms with Crippen molar-refractivity contribution in [3.63, 3.8) is 0 Å². The first-order chi connectivity index (χ1) is 14.6. The minimum absolute atomic E-state index is 0.225. The van der Waals surface area contributed by atoms with Gasteiger partial charge in [0, 0.05) is 25.6 Å². The molecule has 3 nitrogen and oxygen atoms in total. The number of furan rings is 1. The summed E-state index contributed by atoms with van der Waals surface area (Å²) in [6.45, 7) is 15.2. The van der Waals surface area contributed by atoms with Gasteiger partial charge in [-0.25, -0.2) is 9.41 Å². The lowest BCUT2D eigenvalue weighted by Crippen LogP contribution is -2.31. The molecular formula is C25H25N2O+. The lowest BCUT2D eigenvalue weighted by molar-refractivity contribution is -0.660. The summed E-state index contributed by atoms with van der Waals surface area (Å²) in [5, 5.41) is 1.84. The van der Waals surface area contributed by atoms with Crippen molar-refractivity contribution in [3.8, 4) is 11.3 Å². The fourth-order valence-corrected chi connectivity index (χ4v) is 3.90. The molecule has 0 N–H and O–H groups in total. The Morgan fingerprint density at radius 1 is 1.18 bits per heavy atom. The third-order valence-corrected chi connectivity index (χ3v) is 5.04. The Labute approximate surface area is 170 Å². The monoisotopic (exact) mass is 372 g/mol. The van der Waals surface area contributed by atoms with Crippen molar-refractivity contribution in [2.75, 3.05) is 0 Å². The smallest absolute Gasteiger partial charge is 0.229 e. The van der Waals surface area contributed by atoms with Gasteiger partial charge in [-0.2, -0.15) is 0 Å². The van der Waals surface area contributed by atoms with Crippen molar-refractivity contribution in [1.29, 1.82) is 0 Å². The zero-order valence-corrected chi connectivity index (χ0v) is 16.8. The van der Waals surface area contributed by atoms with Crippen LogP contribution in [0.2, 0.25) is 0 Å². The molecule has 0 aliphatic heterocycles. The maximum absolute atomic E-state index is 8.56. The Balaban J connectivity index is 2.15. The first-order valence-corrected chi connectivity index (χ1v) is 9.42. The Morgan fingerprint density at radius 3 is 2.68 bits per heavy atom. The number of pyridine rings is 1. The number of rotatable bonds is 3. The number of aryl methyl sites for hydroxylation is 2. The number of para-hydroxylation sites is 1. The molecule has 0 aliphatic carbocycles. The summed E-state index contributed by atoms with van der Waals surface area (Å²) < 4.78 is 33.7. The molecule has 0 bridgehead atoms. The third kappa shape index (κ3) is 2.86. The first-order valence-electron chi connectivity index (χ1n) is 10.9. The van der Waals surface area contributed by atoms with E-state index in [4.69, 9.17) is 15.1 Å². The van der Waals surface area contributed by atoms with Gasteiger partial charge in [0.2, 0.25) is 11.4 Å². The molecule has 0 saturated heterocycles. The van der Waals surface area contributed by atoms with Crippen LogP contribution in [0.5, 0.6) is 0 Å². The Kier molecular flexibility index (Phi) is 3.61. The van der Waals surface area contributed by atoms with Gasteiger partial charge in [-0.3, -0.25) is 0 Å². The second-order valence-corrected chi connectivity index (χ2v) is 7.57. The quantitative estimate of drug-likeness (QED) is 0.299. The number of benzene rings is 2. The molecular weight excluding hydrogens is 344 g/mol. The molecule has 0 amide bonds. The number of hydrogen-bond donors (Lipinski definition) is 0. The molecule has 0 atom stereocenters. The molecule has 3 heteroatoms. The van der Waals surface area contributed by atoms with Crippen molar-refractivity contribution >= 4 is 27.6 Å². The minimum Gasteiger partial charge on any atom is -0.466 e. The zero-order valence-electron chi connectivity index (χ0n) is 19.8. The van der Waals surface area contributed by atoms with Crippen LogP contribution in [0.25, 0.3) is 38.0 Å². The van der Waals surface area contributed by atoms with Crippen LogP contribution in [0.3, 0.4) is 0 Å². The highest BCUT2D eigenvalue weighted by Crippen LogP contribution is 2.41. The second kappa shape index (κ2) is 6.80. The zero-order chi connectivity index (χ0) is 22.7. The summed E-state index contributed by atoms with van der Waals surface area (Å²) in [5.74, 6) is -0.237. The van der Waals surface area contributed by atoms with Gasteiger partial charge in [-0.1, -0.05) is 38.1 Å². The summed E-state index contributed by atoms with van der Waals surface area (Å²) in [4.78, 5) is 3.62. The molecule has 28 heavy (non-hydrogen) atoms. The van der Waals surface area contributed by atoms with Crippen LogP contribution in [0, 0.1) is 26.3 Å². The molecule has 2 aromatic carbocycles. The number of nitrogens with zero attached hydrogens (tertiary/aromatic N) is 2. The minimum atomic E-state index is -1.57. The standard InChI is InChI=1S/C25H25N2O/c1-15(2)12-18-10-11-27(6)21(14-18)23-17(4)13-16(3)22-19-8-7-9-20(26-5)24(19)28-25(22)23/h7-11,13-15H,12H2,1-4,6H3/q+1/i11D,12D2. The highest BCUT2D eigenvalue weighted by molar-refractivity contribution is 6.14. The van der Waals surface area contributed by atoms with E-state index >= 15 is 0 Å². The van der Waals surface area contributed by atoms with Crippen LogP contribution in [0.15, 0.2) is 47.0 Å². The van der Waals surface area contributed by atoms with Gasteiger partial charge in [0.1, 0.15) is 19.6 Å². The molecule has 0 radical (unpaired) electrons. The molecule has 4 aromatic rings. The molecule has 0 aliphatic rings. The van der Waals surface area contributed by atoms with Crippen molar-refractivity contribution in [3.05, 3.63) is 70.7 Å². The molecule has 0 unspecified atom stereocenters. The predicted molar refractivity (Wildman–Crippen MR) is 115 cm³/mol. The van der Waals surface area contributed by atoms with E-state index in [0.29, 0.717) is 22.4 Å². The molecule has 2 heterocycles.